The molecule has 3 saturated heterocycles. The van der Waals surface area contributed by atoms with E-state index in [2.05, 4.69) is 56.7 Å². The zero-order valence-electron chi connectivity index (χ0n) is 31.7. The molecule has 7 rings (SSSR count). The molecule has 5 heterocycles. The molecule has 3 fully saturated rings. The third kappa shape index (κ3) is 7.71. The van der Waals surface area contributed by atoms with Gasteiger partial charge in [0, 0.05) is 13.0 Å². The first-order valence-corrected chi connectivity index (χ1v) is 18.6. The Labute approximate surface area is 314 Å². The van der Waals surface area contributed by atoms with Crippen LogP contribution in [0.1, 0.15) is 77.6 Å². The summed E-state index contributed by atoms with van der Waals surface area (Å²) in [7, 11) is 1.27. The molecule has 0 radical (unpaired) electrons. The van der Waals surface area contributed by atoms with Crippen LogP contribution in [-0.4, -0.2) is 98.7 Å². The molecule has 3 aliphatic heterocycles. The maximum Gasteiger partial charge on any atom is 0.410 e. The van der Waals surface area contributed by atoms with E-state index in [1.54, 1.807) is 16.0 Å². The van der Waals surface area contributed by atoms with Crippen LogP contribution >= 0.6 is 0 Å². The van der Waals surface area contributed by atoms with Crippen LogP contribution in [-0.2, 0) is 23.7 Å². The van der Waals surface area contributed by atoms with Crippen LogP contribution in [0.25, 0.3) is 33.6 Å². The molecule has 286 valence electrons. The second-order valence-corrected chi connectivity index (χ2v) is 15.5. The molecule has 14 heteroatoms. The molecule has 3 N–H and O–H groups in total. The van der Waals surface area contributed by atoms with Crippen molar-refractivity contribution >= 4 is 18.1 Å². The highest BCUT2D eigenvalue weighted by atomic mass is 16.7. The topological polar surface area (TPSA) is 164 Å². The lowest BCUT2D eigenvalue weighted by molar-refractivity contribution is -0.153. The normalized spacial score (nSPS) is 20.1. The van der Waals surface area contributed by atoms with E-state index >= 15 is 0 Å². The van der Waals surface area contributed by atoms with Crippen LogP contribution in [0.4, 0.5) is 9.59 Å². The van der Waals surface area contributed by atoms with Gasteiger partial charge >= 0.3 is 12.2 Å². The number of imidazole rings is 2. The number of hydrogen-bond donors (Lipinski definition) is 3. The minimum atomic E-state index is -0.921. The molecule has 3 amide bonds. The van der Waals surface area contributed by atoms with Crippen molar-refractivity contribution in [3.63, 3.8) is 0 Å². The first kappa shape index (κ1) is 37.1. The Morgan fingerprint density at radius 2 is 1.39 bits per heavy atom. The molecule has 4 aromatic rings. The fourth-order valence-corrected chi connectivity index (χ4v) is 7.48. The number of nitrogens with zero attached hydrogens (tertiary/aromatic N) is 4. The predicted octanol–water partition coefficient (Wildman–Crippen LogP) is 6.60. The van der Waals surface area contributed by atoms with Gasteiger partial charge in [0.2, 0.25) is 5.91 Å². The Bertz CT molecular complexity index is 1960. The Morgan fingerprint density at radius 1 is 0.852 bits per heavy atom. The Kier molecular flexibility index (Phi) is 10.2. The summed E-state index contributed by atoms with van der Waals surface area (Å²) < 4.78 is 22.4. The number of H-pyrrole nitrogens is 2. The number of methoxy groups -OCH3 is 1. The van der Waals surface area contributed by atoms with E-state index in [0.717, 1.165) is 52.3 Å². The summed E-state index contributed by atoms with van der Waals surface area (Å²) in [6.45, 7) is 11.1. The lowest BCUT2D eigenvalue weighted by Crippen LogP contribution is -2.52. The molecule has 1 unspecified atom stereocenters. The molecule has 0 aliphatic carbocycles. The summed E-state index contributed by atoms with van der Waals surface area (Å²) in [5.74, 6) is 0.0194. The molecule has 3 atom stereocenters. The number of carbonyl (C=O) groups excluding carboxylic acids is 3. The average Bonchev–Trinajstić information content (AvgIpc) is 4.00. The highest BCUT2D eigenvalue weighted by Crippen LogP contribution is 2.43. The average molecular weight is 740 g/mol. The number of hydrogen-bond acceptors (Lipinski definition) is 9. The van der Waals surface area contributed by atoms with Crippen molar-refractivity contribution in [3.8, 4) is 33.6 Å². The zero-order chi connectivity index (χ0) is 38.2. The molecule has 2 aromatic carbocycles. The van der Waals surface area contributed by atoms with Gasteiger partial charge in [-0.3, -0.25) is 9.69 Å². The fourth-order valence-electron chi connectivity index (χ4n) is 7.48. The van der Waals surface area contributed by atoms with Crippen LogP contribution in [0.5, 0.6) is 0 Å². The minimum Gasteiger partial charge on any atom is -0.453 e. The number of carbonyl (C=O) groups is 3. The largest absolute Gasteiger partial charge is 0.453 e. The SMILES string of the molecule is COC(=O)NC(C(=O)N1CC2(C[C@H]1c1ncc(-c3ccc(-c4ccc(-c5cnc([C@@H]6CCCN6C(=O)OC(C)(C)C)[nH]5)cc4)cc3)[nH]1)OCCO2)C(C)C. The molecule has 0 saturated carbocycles. The van der Waals surface area contributed by atoms with Crippen LogP contribution in [0.15, 0.2) is 60.9 Å². The van der Waals surface area contributed by atoms with Crippen molar-refractivity contribution in [1.82, 2.24) is 35.1 Å². The Hall–Kier alpha value is -5.21. The van der Waals surface area contributed by atoms with Gasteiger partial charge in [-0.15, -0.1) is 0 Å². The minimum absolute atomic E-state index is 0.142. The fraction of sp³-hybridized carbons (Fsp3) is 0.475. The first-order valence-electron chi connectivity index (χ1n) is 18.6. The number of rotatable bonds is 8. The van der Waals surface area contributed by atoms with E-state index in [9.17, 15) is 14.4 Å². The lowest BCUT2D eigenvalue weighted by Gasteiger charge is -2.30. The van der Waals surface area contributed by atoms with Gasteiger partial charge in [-0.2, -0.15) is 0 Å². The number of alkyl carbamates (subject to hydrolysis) is 1. The summed E-state index contributed by atoms with van der Waals surface area (Å²) in [5.41, 5.74) is 5.19. The smallest absolute Gasteiger partial charge is 0.410 e. The standard InChI is InChI=1S/C40H49N7O7/c1-24(2)33(45-37(49)51-6)36(48)47-23-40(52-18-19-53-40)20-32(47)35-42-22-30(44-35)28-15-11-26(12-16-28)25-9-13-27(14-10-25)29-21-41-34(43-29)31-8-7-17-46(31)38(50)54-39(3,4)5/h9-16,21-22,24,31-33H,7-8,17-20,23H2,1-6H3,(H,41,43)(H,42,44)(H,45,49)/t31-,32-,33?/m0/s1. The number of likely N-dealkylation sites (tertiary alicyclic amines) is 2. The second-order valence-electron chi connectivity index (χ2n) is 15.5. The summed E-state index contributed by atoms with van der Waals surface area (Å²) in [6.07, 6.45) is 4.76. The zero-order valence-corrected chi connectivity index (χ0v) is 31.7. The maximum atomic E-state index is 13.9. The number of benzene rings is 2. The summed E-state index contributed by atoms with van der Waals surface area (Å²) in [5, 5.41) is 2.69. The van der Waals surface area contributed by atoms with Crippen molar-refractivity contribution in [2.45, 2.75) is 83.4 Å². The molecule has 1 spiro atoms. The van der Waals surface area contributed by atoms with Crippen LogP contribution in [0.2, 0.25) is 0 Å². The van der Waals surface area contributed by atoms with Crippen LogP contribution in [0, 0.1) is 5.92 Å². The van der Waals surface area contributed by atoms with E-state index in [-0.39, 0.29) is 30.5 Å². The molecule has 54 heavy (non-hydrogen) atoms. The van der Waals surface area contributed by atoms with E-state index in [1.165, 1.54) is 7.11 Å². The van der Waals surface area contributed by atoms with Gasteiger partial charge < -0.3 is 39.1 Å². The van der Waals surface area contributed by atoms with Gasteiger partial charge in [-0.05, 0) is 61.8 Å². The third-order valence-electron chi connectivity index (χ3n) is 10.2. The molecular weight excluding hydrogens is 690 g/mol. The summed E-state index contributed by atoms with van der Waals surface area (Å²) in [6, 6.07) is 15.1. The number of ether oxygens (including phenoxy) is 4. The summed E-state index contributed by atoms with van der Waals surface area (Å²) >= 11 is 0. The third-order valence-corrected chi connectivity index (χ3v) is 10.2. The highest BCUT2D eigenvalue weighted by Gasteiger charge is 2.52. The predicted molar refractivity (Wildman–Crippen MR) is 200 cm³/mol. The Morgan fingerprint density at radius 3 is 1.91 bits per heavy atom. The Balaban J connectivity index is 1.04. The molecular formula is C40H49N7O7. The molecule has 3 aliphatic rings. The maximum absolute atomic E-state index is 13.9. The van der Waals surface area contributed by atoms with E-state index < -0.39 is 29.6 Å². The van der Waals surface area contributed by atoms with Gasteiger partial charge in [-0.25, -0.2) is 19.6 Å². The van der Waals surface area contributed by atoms with Crippen molar-refractivity contribution in [3.05, 3.63) is 72.6 Å². The van der Waals surface area contributed by atoms with Gasteiger partial charge in [-0.1, -0.05) is 62.4 Å². The molecule has 0 bridgehead atoms. The lowest BCUT2D eigenvalue weighted by atomic mass is 10.0. The number of aromatic amines is 2. The highest BCUT2D eigenvalue weighted by molar-refractivity contribution is 5.86. The van der Waals surface area contributed by atoms with Crippen molar-refractivity contribution in [2.75, 3.05) is 33.4 Å². The quantitative estimate of drug-likeness (QED) is 0.181. The van der Waals surface area contributed by atoms with Crippen molar-refractivity contribution < 1.29 is 33.3 Å². The van der Waals surface area contributed by atoms with Crippen LogP contribution in [0.3, 0.4) is 0 Å². The van der Waals surface area contributed by atoms with Gasteiger partial charge in [0.05, 0.1) is 62.7 Å². The van der Waals surface area contributed by atoms with Crippen molar-refractivity contribution in [1.29, 1.82) is 0 Å². The first-order chi connectivity index (χ1) is 25.8. The molecule has 2 aromatic heterocycles. The van der Waals surface area contributed by atoms with Crippen molar-refractivity contribution in [2.24, 2.45) is 5.92 Å². The van der Waals surface area contributed by atoms with E-state index in [4.69, 9.17) is 23.9 Å². The van der Waals surface area contributed by atoms with Gasteiger partial charge in [0.15, 0.2) is 5.79 Å². The number of nitrogens with one attached hydrogen (secondary N) is 3. The van der Waals surface area contributed by atoms with Gasteiger partial charge in [0.1, 0.15) is 23.3 Å². The van der Waals surface area contributed by atoms with E-state index in [0.29, 0.717) is 32.0 Å². The molecule has 14 nitrogen and oxygen atoms in total. The van der Waals surface area contributed by atoms with E-state index in [1.807, 2.05) is 52.9 Å². The number of amides is 3. The van der Waals surface area contributed by atoms with Gasteiger partial charge in [0.25, 0.3) is 0 Å². The van der Waals surface area contributed by atoms with Crippen LogP contribution < -0.4 is 5.32 Å². The summed E-state index contributed by atoms with van der Waals surface area (Å²) in [4.78, 5) is 58.5. The second kappa shape index (κ2) is 14.9. The number of aromatic nitrogens is 4. The monoisotopic (exact) mass is 739 g/mol.